The first-order chi connectivity index (χ1) is 13.6. The third kappa shape index (κ3) is 4.12. The summed E-state index contributed by atoms with van der Waals surface area (Å²) < 4.78 is 0. The molecule has 0 atom stereocenters. The fourth-order valence-corrected chi connectivity index (χ4v) is 3.95. The summed E-state index contributed by atoms with van der Waals surface area (Å²) in [4.78, 5) is 26.9. The molecule has 2 aliphatic rings. The molecule has 6 heteroatoms. The van der Waals surface area contributed by atoms with E-state index in [-0.39, 0.29) is 5.56 Å². The zero-order valence-corrected chi connectivity index (χ0v) is 16.8. The highest BCUT2D eigenvalue weighted by atomic mass is 16.1. The lowest BCUT2D eigenvalue weighted by atomic mass is 10.1. The zero-order chi connectivity index (χ0) is 19.5. The topological polar surface area (TPSA) is 55.5 Å². The normalized spacial score (nSPS) is 18.0. The van der Waals surface area contributed by atoms with Crippen molar-refractivity contribution in [2.45, 2.75) is 26.3 Å². The van der Waals surface area contributed by atoms with Crippen LogP contribution in [0.5, 0.6) is 0 Å². The SMILES string of the molecule is CCCc1nc2ccc(CN3CCN(C4=CN(C)CC=C4)CC3)cc2[nH]c1=O. The molecule has 0 amide bonds. The van der Waals surface area contributed by atoms with Gasteiger partial charge in [-0.2, -0.15) is 0 Å². The van der Waals surface area contributed by atoms with Gasteiger partial charge in [0.15, 0.2) is 0 Å². The number of piperazine rings is 1. The molecule has 1 fully saturated rings. The minimum atomic E-state index is -0.0566. The van der Waals surface area contributed by atoms with Crippen LogP contribution >= 0.6 is 0 Å². The van der Waals surface area contributed by atoms with E-state index in [9.17, 15) is 4.79 Å². The molecule has 0 radical (unpaired) electrons. The van der Waals surface area contributed by atoms with Crippen molar-refractivity contribution in [3.63, 3.8) is 0 Å². The molecule has 0 saturated carbocycles. The highest BCUT2D eigenvalue weighted by molar-refractivity contribution is 5.74. The molecule has 3 heterocycles. The van der Waals surface area contributed by atoms with Gasteiger partial charge in [0.05, 0.1) is 16.7 Å². The standard InChI is InChI=1S/C22H29N5O/c1-3-5-20-22(28)24-21-14-17(7-8-19(21)23-20)15-26-10-12-27(13-11-26)18-6-4-9-25(2)16-18/h4,6-8,14,16H,3,5,9-13,15H2,1-2H3,(H,24,28). The van der Waals surface area contributed by atoms with E-state index in [4.69, 9.17) is 0 Å². The largest absolute Gasteiger partial charge is 0.375 e. The maximum absolute atomic E-state index is 12.2. The summed E-state index contributed by atoms with van der Waals surface area (Å²) in [6.07, 6.45) is 8.33. The van der Waals surface area contributed by atoms with Gasteiger partial charge in [0, 0.05) is 52.5 Å². The molecule has 28 heavy (non-hydrogen) atoms. The number of hydrogen-bond acceptors (Lipinski definition) is 5. The lowest BCUT2D eigenvalue weighted by Gasteiger charge is -2.37. The summed E-state index contributed by atoms with van der Waals surface area (Å²) in [5.74, 6) is 0. The van der Waals surface area contributed by atoms with E-state index in [1.54, 1.807) is 0 Å². The number of fused-ring (bicyclic) bond motifs is 1. The van der Waals surface area contributed by atoms with Crippen LogP contribution in [0, 0.1) is 0 Å². The van der Waals surface area contributed by atoms with E-state index in [1.165, 1.54) is 11.3 Å². The second-order valence-electron chi connectivity index (χ2n) is 7.77. The minimum Gasteiger partial charge on any atom is -0.375 e. The molecule has 1 aromatic carbocycles. The van der Waals surface area contributed by atoms with Gasteiger partial charge in [-0.25, -0.2) is 4.98 Å². The summed E-state index contributed by atoms with van der Waals surface area (Å²) >= 11 is 0. The van der Waals surface area contributed by atoms with Crippen LogP contribution in [0.25, 0.3) is 11.0 Å². The second-order valence-corrected chi connectivity index (χ2v) is 7.77. The van der Waals surface area contributed by atoms with Crippen molar-refractivity contribution >= 4 is 11.0 Å². The molecule has 4 rings (SSSR count). The number of hydrogen-bond donors (Lipinski definition) is 1. The number of rotatable bonds is 5. The Morgan fingerprint density at radius 3 is 2.75 bits per heavy atom. The average Bonchev–Trinajstić information content (AvgIpc) is 2.69. The summed E-state index contributed by atoms with van der Waals surface area (Å²) in [6.45, 7) is 8.11. The smallest absolute Gasteiger partial charge is 0.270 e. The Morgan fingerprint density at radius 2 is 2.00 bits per heavy atom. The number of aromatic amines is 1. The number of likely N-dealkylation sites (N-methyl/N-ethyl adjacent to an activating group) is 1. The van der Waals surface area contributed by atoms with Crippen molar-refractivity contribution in [3.05, 3.63) is 63.9 Å². The third-order valence-corrected chi connectivity index (χ3v) is 5.49. The van der Waals surface area contributed by atoms with E-state index >= 15 is 0 Å². The highest BCUT2D eigenvalue weighted by Crippen LogP contribution is 2.17. The van der Waals surface area contributed by atoms with Crippen LogP contribution in [0.2, 0.25) is 0 Å². The lowest BCUT2D eigenvalue weighted by molar-refractivity contribution is 0.154. The summed E-state index contributed by atoms with van der Waals surface area (Å²) in [5, 5.41) is 0. The maximum Gasteiger partial charge on any atom is 0.270 e. The van der Waals surface area contributed by atoms with Gasteiger partial charge >= 0.3 is 0 Å². The van der Waals surface area contributed by atoms with Crippen LogP contribution in [-0.4, -0.2) is 64.4 Å². The van der Waals surface area contributed by atoms with E-state index in [0.29, 0.717) is 5.69 Å². The lowest BCUT2D eigenvalue weighted by Crippen LogP contribution is -2.45. The molecular weight excluding hydrogens is 350 g/mol. The second kappa shape index (κ2) is 8.19. The Kier molecular flexibility index (Phi) is 5.48. The van der Waals surface area contributed by atoms with Gasteiger partial charge in [0.2, 0.25) is 0 Å². The summed E-state index contributed by atoms with van der Waals surface area (Å²) in [6, 6.07) is 6.24. The van der Waals surface area contributed by atoms with Crippen LogP contribution < -0.4 is 5.56 Å². The third-order valence-electron chi connectivity index (χ3n) is 5.49. The fourth-order valence-electron chi connectivity index (χ4n) is 3.95. The molecule has 0 bridgehead atoms. The van der Waals surface area contributed by atoms with Gasteiger partial charge in [-0.15, -0.1) is 0 Å². The molecular formula is C22H29N5O. The van der Waals surface area contributed by atoms with Gasteiger partial charge in [0.25, 0.3) is 5.56 Å². The Bertz CT molecular complexity index is 953. The number of benzene rings is 1. The number of H-pyrrole nitrogens is 1. The molecule has 1 aromatic heterocycles. The van der Waals surface area contributed by atoms with Gasteiger partial charge in [-0.05, 0) is 30.2 Å². The Morgan fingerprint density at radius 1 is 1.18 bits per heavy atom. The first-order valence-electron chi connectivity index (χ1n) is 10.2. The van der Waals surface area contributed by atoms with Crippen LogP contribution in [0.3, 0.4) is 0 Å². The molecule has 2 aromatic rings. The molecule has 1 N–H and O–H groups in total. The average molecular weight is 380 g/mol. The van der Waals surface area contributed by atoms with E-state index < -0.39 is 0 Å². The van der Waals surface area contributed by atoms with Crippen LogP contribution in [0.1, 0.15) is 24.6 Å². The quantitative estimate of drug-likeness (QED) is 0.864. The number of nitrogens with zero attached hydrogens (tertiary/aromatic N) is 4. The van der Waals surface area contributed by atoms with Gasteiger partial charge in [-0.3, -0.25) is 9.69 Å². The first-order valence-corrected chi connectivity index (χ1v) is 10.2. The number of allylic oxidation sites excluding steroid dienone is 1. The summed E-state index contributed by atoms with van der Waals surface area (Å²) in [7, 11) is 2.11. The molecule has 6 nitrogen and oxygen atoms in total. The molecule has 1 saturated heterocycles. The van der Waals surface area contributed by atoms with Crippen LogP contribution in [0.15, 0.2) is 47.0 Å². The van der Waals surface area contributed by atoms with Crippen molar-refractivity contribution in [1.29, 1.82) is 0 Å². The zero-order valence-electron chi connectivity index (χ0n) is 16.8. The number of aryl methyl sites for hydroxylation is 1. The first kappa shape index (κ1) is 18.7. The minimum absolute atomic E-state index is 0.0566. The molecule has 2 aliphatic heterocycles. The van der Waals surface area contributed by atoms with Gasteiger partial charge in [-0.1, -0.05) is 25.5 Å². The Labute approximate surface area is 166 Å². The van der Waals surface area contributed by atoms with Crippen molar-refractivity contribution in [2.75, 3.05) is 39.8 Å². The van der Waals surface area contributed by atoms with Crippen LogP contribution in [0.4, 0.5) is 0 Å². The van der Waals surface area contributed by atoms with Crippen LogP contribution in [-0.2, 0) is 13.0 Å². The number of nitrogens with one attached hydrogen (secondary N) is 1. The van der Waals surface area contributed by atoms with E-state index in [2.05, 4.69) is 69.1 Å². The Balaban J connectivity index is 1.41. The predicted octanol–water partition coefficient (Wildman–Crippen LogP) is 2.34. The summed E-state index contributed by atoms with van der Waals surface area (Å²) in [5.41, 5.74) is 4.82. The van der Waals surface area contributed by atoms with Crippen molar-refractivity contribution in [2.24, 2.45) is 0 Å². The molecule has 0 spiro atoms. The molecule has 0 unspecified atom stereocenters. The van der Waals surface area contributed by atoms with Crippen molar-refractivity contribution in [1.82, 2.24) is 24.7 Å². The number of aromatic nitrogens is 2. The van der Waals surface area contributed by atoms with E-state index in [0.717, 1.165) is 63.1 Å². The fraction of sp³-hybridized carbons (Fsp3) is 0.455. The van der Waals surface area contributed by atoms with Crippen molar-refractivity contribution in [3.8, 4) is 0 Å². The van der Waals surface area contributed by atoms with Gasteiger partial charge < -0.3 is 14.8 Å². The maximum atomic E-state index is 12.2. The molecule has 148 valence electrons. The van der Waals surface area contributed by atoms with Crippen molar-refractivity contribution < 1.29 is 0 Å². The van der Waals surface area contributed by atoms with E-state index in [1.807, 2.05) is 6.07 Å². The molecule has 0 aliphatic carbocycles. The van der Waals surface area contributed by atoms with Gasteiger partial charge in [0.1, 0.15) is 5.69 Å². The monoisotopic (exact) mass is 379 g/mol. The highest BCUT2D eigenvalue weighted by Gasteiger charge is 2.19. The Hall–Kier alpha value is -2.60. The predicted molar refractivity (Wildman–Crippen MR) is 113 cm³/mol.